The minimum Gasteiger partial charge on any atom is -0.351 e. The molecule has 4 heteroatoms. The quantitative estimate of drug-likeness (QED) is 0.720. The molecule has 3 heterocycles. The van der Waals surface area contributed by atoms with Crippen molar-refractivity contribution in [1.29, 1.82) is 0 Å². The molecule has 14 heavy (non-hydrogen) atoms. The van der Waals surface area contributed by atoms with Gasteiger partial charge in [0.05, 0.1) is 0 Å². The number of halogens is 1. The zero-order valence-electron chi connectivity index (χ0n) is 7.86. The van der Waals surface area contributed by atoms with Crippen LogP contribution in [0.2, 0.25) is 0 Å². The van der Waals surface area contributed by atoms with E-state index in [4.69, 9.17) is 0 Å². The van der Waals surface area contributed by atoms with Gasteiger partial charge in [0.15, 0.2) is 0 Å². The van der Waals surface area contributed by atoms with Crippen LogP contribution in [0.15, 0.2) is 17.0 Å². The molecule has 0 saturated carbocycles. The molecule has 0 N–H and O–H groups in total. The highest BCUT2D eigenvalue weighted by Crippen LogP contribution is 2.40. The first kappa shape index (κ1) is 8.65. The molecule has 0 amide bonds. The number of fused-ring (bicyclic) bond motifs is 2. The summed E-state index contributed by atoms with van der Waals surface area (Å²) in [4.78, 5) is 10.9. The first-order valence-electron chi connectivity index (χ1n) is 5.10. The maximum absolute atomic E-state index is 4.35. The topological polar surface area (TPSA) is 29.0 Å². The monoisotopic (exact) mass is 253 g/mol. The summed E-state index contributed by atoms with van der Waals surface area (Å²) in [6.45, 7) is 0. The minimum absolute atomic E-state index is 0.738. The van der Waals surface area contributed by atoms with Crippen LogP contribution in [-0.4, -0.2) is 22.1 Å². The second-order valence-corrected chi connectivity index (χ2v) is 4.88. The van der Waals surface area contributed by atoms with Gasteiger partial charge in [-0.2, -0.15) is 0 Å². The minimum atomic E-state index is 0.738. The summed E-state index contributed by atoms with van der Waals surface area (Å²) < 4.78 is 0.883. The predicted octanol–water partition coefficient (Wildman–Crippen LogP) is 2.37. The van der Waals surface area contributed by atoms with Gasteiger partial charge in [-0.05, 0) is 41.6 Å². The van der Waals surface area contributed by atoms with Crippen molar-refractivity contribution in [3.05, 3.63) is 17.0 Å². The lowest BCUT2D eigenvalue weighted by molar-refractivity contribution is 0.576. The van der Waals surface area contributed by atoms with E-state index in [1.807, 2.05) is 6.07 Å². The Morgan fingerprint density at radius 1 is 1.14 bits per heavy atom. The molecule has 2 aliphatic rings. The van der Waals surface area contributed by atoms with Crippen LogP contribution in [0, 0.1) is 0 Å². The number of aromatic nitrogens is 2. The number of nitrogens with zero attached hydrogens (tertiary/aromatic N) is 3. The van der Waals surface area contributed by atoms with Gasteiger partial charge in [-0.15, -0.1) is 0 Å². The third-order valence-electron chi connectivity index (χ3n) is 3.34. The van der Waals surface area contributed by atoms with Crippen LogP contribution >= 0.6 is 15.9 Å². The van der Waals surface area contributed by atoms with Crippen LogP contribution in [-0.2, 0) is 0 Å². The summed E-state index contributed by atoms with van der Waals surface area (Å²) in [7, 11) is 0. The molecule has 0 aromatic carbocycles. The number of anilines is 1. The first-order valence-corrected chi connectivity index (χ1v) is 5.90. The normalized spacial score (nSPS) is 29.9. The second kappa shape index (κ2) is 3.19. The molecule has 1 aromatic heterocycles. The Morgan fingerprint density at radius 3 is 2.36 bits per heavy atom. The van der Waals surface area contributed by atoms with Gasteiger partial charge in [-0.25, -0.2) is 9.97 Å². The van der Waals surface area contributed by atoms with Crippen molar-refractivity contribution in [3.8, 4) is 0 Å². The van der Waals surface area contributed by atoms with Gasteiger partial charge in [-0.3, -0.25) is 0 Å². The smallest absolute Gasteiger partial charge is 0.133 e. The Bertz CT molecular complexity index is 335. The summed E-state index contributed by atoms with van der Waals surface area (Å²) >= 11 is 3.39. The van der Waals surface area contributed by atoms with E-state index in [1.165, 1.54) is 25.7 Å². The van der Waals surface area contributed by atoms with Crippen molar-refractivity contribution < 1.29 is 0 Å². The lowest BCUT2D eigenvalue weighted by Crippen LogP contribution is -2.28. The van der Waals surface area contributed by atoms with Crippen LogP contribution in [0.3, 0.4) is 0 Å². The number of hydrogen-bond acceptors (Lipinski definition) is 3. The van der Waals surface area contributed by atoms with E-state index < -0.39 is 0 Å². The largest absolute Gasteiger partial charge is 0.351 e. The van der Waals surface area contributed by atoms with Crippen LogP contribution in [0.25, 0.3) is 0 Å². The van der Waals surface area contributed by atoms with E-state index in [9.17, 15) is 0 Å². The summed E-state index contributed by atoms with van der Waals surface area (Å²) in [5.74, 6) is 1.09. The van der Waals surface area contributed by atoms with E-state index in [1.54, 1.807) is 6.33 Å². The molecule has 2 saturated heterocycles. The van der Waals surface area contributed by atoms with Gasteiger partial charge in [0.2, 0.25) is 0 Å². The van der Waals surface area contributed by atoms with E-state index in [2.05, 4.69) is 30.8 Å². The molecule has 2 fully saturated rings. The highest BCUT2D eigenvalue weighted by atomic mass is 79.9. The number of rotatable bonds is 1. The van der Waals surface area contributed by atoms with Gasteiger partial charge in [0.1, 0.15) is 16.7 Å². The molecule has 0 spiro atoms. The van der Waals surface area contributed by atoms with Crippen molar-refractivity contribution in [2.75, 3.05) is 4.90 Å². The molecule has 74 valence electrons. The Morgan fingerprint density at radius 2 is 1.79 bits per heavy atom. The van der Waals surface area contributed by atoms with E-state index >= 15 is 0 Å². The Kier molecular flexibility index (Phi) is 1.97. The molecular weight excluding hydrogens is 242 g/mol. The van der Waals surface area contributed by atoms with Crippen LogP contribution in [0.5, 0.6) is 0 Å². The van der Waals surface area contributed by atoms with Gasteiger partial charge in [0.25, 0.3) is 0 Å². The second-order valence-electron chi connectivity index (χ2n) is 4.07. The molecular formula is C10H12BrN3. The summed E-state index contributed by atoms with van der Waals surface area (Å²) in [6, 6.07) is 3.50. The fraction of sp³-hybridized carbons (Fsp3) is 0.600. The van der Waals surface area contributed by atoms with Crippen molar-refractivity contribution in [3.63, 3.8) is 0 Å². The lowest BCUT2D eigenvalue weighted by Gasteiger charge is -2.22. The molecule has 0 atom stereocenters. The highest BCUT2D eigenvalue weighted by Gasteiger charge is 2.39. The fourth-order valence-corrected chi connectivity index (χ4v) is 3.05. The van der Waals surface area contributed by atoms with Crippen molar-refractivity contribution >= 4 is 21.7 Å². The van der Waals surface area contributed by atoms with Gasteiger partial charge in [0, 0.05) is 18.2 Å². The summed E-state index contributed by atoms with van der Waals surface area (Å²) in [5.41, 5.74) is 0. The highest BCUT2D eigenvalue weighted by molar-refractivity contribution is 9.10. The molecule has 0 radical (unpaired) electrons. The van der Waals surface area contributed by atoms with E-state index in [-0.39, 0.29) is 0 Å². The van der Waals surface area contributed by atoms with Crippen molar-refractivity contribution in [2.24, 2.45) is 0 Å². The Labute approximate surface area is 91.7 Å². The summed E-state index contributed by atoms with van der Waals surface area (Å²) in [6.07, 6.45) is 6.99. The third-order valence-corrected chi connectivity index (χ3v) is 3.77. The SMILES string of the molecule is Brc1cc(N2C3CCC2CC3)ncn1. The average molecular weight is 254 g/mol. The van der Waals surface area contributed by atoms with Crippen molar-refractivity contribution in [1.82, 2.24) is 9.97 Å². The van der Waals surface area contributed by atoms with Gasteiger partial charge < -0.3 is 4.90 Å². The fourth-order valence-electron chi connectivity index (χ4n) is 2.75. The van der Waals surface area contributed by atoms with Crippen molar-refractivity contribution in [2.45, 2.75) is 37.8 Å². The van der Waals surface area contributed by atoms with E-state index in [0.717, 1.165) is 22.5 Å². The summed E-state index contributed by atoms with van der Waals surface area (Å²) in [5, 5.41) is 0. The average Bonchev–Trinajstić information content (AvgIpc) is 2.76. The molecule has 2 aliphatic heterocycles. The molecule has 2 bridgehead atoms. The van der Waals surface area contributed by atoms with Crippen LogP contribution in [0.1, 0.15) is 25.7 Å². The Hall–Kier alpha value is -0.640. The van der Waals surface area contributed by atoms with Crippen LogP contribution < -0.4 is 4.90 Å². The van der Waals surface area contributed by atoms with Crippen LogP contribution in [0.4, 0.5) is 5.82 Å². The Balaban J connectivity index is 1.95. The standard InChI is InChI=1S/C10H12BrN3/c11-9-5-10(13-6-12-9)14-7-1-2-8(14)4-3-7/h5-8H,1-4H2. The molecule has 3 nitrogen and oxygen atoms in total. The van der Waals surface area contributed by atoms with Gasteiger partial charge in [-0.1, -0.05) is 0 Å². The van der Waals surface area contributed by atoms with E-state index in [0.29, 0.717) is 0 Å². The molecule has 0 aliphatic carbocycles. The molecule has 1 aromatic rings. The predicted molar refractivity (Wildman–Crippen MR) is 58.3 cm³/mol. The zero-order valence-corrected chi connectivity index (χ0v) is 9.44. The molecule has 0 unspecified atom stereocenters. The maximum atomic E-state index is 4.35. The third kappa shape index (κ3) is 1.24. The number of hydrogen-bond donors (Lipinski definition) is 0. The first-order chi connectivity index (χ1) is 6.84. The lowest BCUT2D eigenvalue weighted by atomic mass is 10.0. The molecule has 3 rings (SSSR count). The zero-order chi connectivity index (χ0) is 9.54. The maximum Gasteiger partial charge on any atom is 0.133 e. The van der Waals surface area contributed by atoms with Gasteiger partial charge >= 0.3 is 0 Å².